The molecule has 7 nitrogen and oxygen atoms in total. The molecule has 0 bridgehead atoms. The summed E-state index contributed by atoms with van der Waals surface area (Å²) in [5.41, 5.74) is 0.609. The molecular weight excluding hydrogens is 356 g/mol. The zero-order valence-corrected chi connectivity index (χ0v) is 15.5. The quantitative estimate of drug-likeness (QED) is 0.638. The van der Waals surface area contributed by atoms with Crippen molar-refractivity contribution in [1.82, 2.24) is 9.13 Å². The number of nitrogens with zero attached hydrogens (tertiary/aromatic N) is 2. The molecule has 26 heavy (non-hydrogen) atoms. The fourth-order valence-electron chi connectivity index (χ4n) is 2.73. The van der Waals surface area contributed by atoms with Gasteiger partial charge in [-0.2, -0.15) is 0 Å². The highest BCUT2D eigenvalue weighted by molar-refractivity contribution is 7.17. The topological polar surface area (TPSA) is 79.5 Å². The Morgan fingerprint density at radius 2 is 1.88 bits per heavy atom. The molecule has 0 aliphatic carbocycles. The first-order chi connectivity index (χ1) is 12.5. The maximum atomic E-state index is 12.7. The number of aromatic nitrogens is 2. The fourth-order valence-corrected chi connectivity index (χ4v) is 3.80. The van der Waals surface area contributed by atoms with E-state index in [1.165, 1.54) is 23.0 Å². The lowest BCUT2D eigenvalue weighted by Crippen LogP contribution is -2.39. The Morgan fingerprint density at radius 1 is 1.19 bits per heavy atom. The van der Waals surface area contributed by atoms with Crippen LogP contribution >= 0.6 is 11.3 Å². The molecule has 0 spiro atoms. The lowest BCUT2D eigenvalue weighted by atomic mass is 10.1. The van der Waals surface area contributed by atoms with Crippen molar-refractivity contribution >= 4 is 27.5 Å². The van der Waals surface area contributed by atoms with Gasteiger partial charge in [-0.25, -0.2) is 4.79 Å². The van der Waals surface area contributed by atoms with E-state index in [0.29, 0.717) is 21.5 Å². The SMILES string of the molecule is CCOC(=O)Cn1c(=O)n(C)c(=O)c2c(-c3ccc(OC)cc3)csc21. The molecule has 0 unspecified atom stereocenters. The van der Waals surface area contributed by atoms with Crippen LogP contribution in [0.1, 0.15) is 6.92 Å². The average molecular weight is 374 g/mol. The monoisotopic (exact) mass is 374 g/mol. The molecule has 2 aromatic heterocycles. The van der Waals surface area contributed by atoms with Crippen LogP contribution in [-0.2, 0) is 23.1 Å². The highest BCUT2D eigenvalue weighted by Gasteiger charge is 2.19. The Kier molecular flexibility index (Phi) is 4.94. The summed E-state index contributed by atoms with van der Waals surface area (Å²) in [6, 6.07) is 7.30. The molecule has 0 radical (unpaired) electrons. The molecule has 0 fully saturated rings. The number of esters is 1. The number of carbonyl (C=O) groups excluding carboxylic acids is 1. The van der Waals surface area contributed by atoms with Gasteiger partial charge in [-0.15, -0.1) is 11.3 Å². The molecule has 0 atom stereocenters. The first-order valence-electron chi connectivity index (χ1n) is 7.99. The molecule has 8 heteroatoms. The van der Waals surface area contributed by atoms with Crippen molar-refractivity contribution in [3.05, 3.63) is 50.5 Å². The maximum Gasteiger partial charge on any atom is 0.332 e. The number of methoxy groups -OCH3 is 1. The van der Waals surface area contributed by atoms with E-state index in [-0.39, 0.29) is 13.2 Å². The molecule has 3 rings (SSSR count). The summed E-state index contributed by atoms with van der Waals surface area (Å²) in [6.45, 7) is 1.69. The summed E-state index contributed by atoms with van der Waals surface area (Å²) in [5.74, 6) is 0.189. The van der Waals surface area contributed by atoms with Gasteiger partial charge in [-0.3, -0.25) is 18.7 Å². The Bertz CT molecular complexity index is 1080. The minimum absolute atomic E-state index is 0.226. The highest BCUT2D eigenvalue weighted by atomic mass is 32.1. The molecule has 0 saturated heterocycles. The first-order valence-corrected chi connectivity index (χ1v) is 8.87. The lowest BCUT2D eigenvalue weighted by molar-refractivity contribution is -0.143. The summed E-state index contributed by atoms with van der Waals surface area (Å²) in [6.07, 6.45) is 0. The zero-order valence-electron chi connectivity index (χ0n) is 14.6. The maximum absolute atomic E-state index is 12.7. The van der Waals surface area contributed by atoms with Gasteiger partial charge >= 0.3 is 11.7 Å². The van der Waals surface area contributed by atoms with Crippen molar-refractivity contribution in [2.45, 2.75) is 13.5 Å². The van der Waals surface area contributed by atoms with Crippen LogP contribution < -0.4 is 16.0 Å². The van der Waals surface area contributed by atoms with Crippen LogP contribution in [0.4, 0.5) is 0 Å². The molecule has 1 aromatic carbocycles. The van der Waals surface area contributed by atoms with Crippen LogP contribution in [0.25, 0.3) is 21.3 Å². The third-order valence-corrected chi connectivity index (χ3v) is 5.05. The molecule has 136 valence electrons. The van der Waals surface area contributed by atoms with E-state index in [4.69, 9.17) is 9.47 Å². The van der Waals surface area contributed by atoms with Gasteiger partial charge in [0.25, 0.3) is 5.56 Å². The van der Waals surface area contributed by atoms with Crippen LogP contribution in [0, 0.1) is 0 Å². The summed E-state index contributed by atoms with van der Waals surface area (Å²) >= 11 is 1.25. The number of thiophene rings is 1. The van der Waals surface area contributed by atoms with Crippen molar-refractivity contribution in [3.8, 4) is 16.9 Å². The van der Waals surface area contributed by atoms with Gasteiger partial charge in [-0.05, 0) is 24.6 Å². The summed E-state index contributed by atoms with van der Waals surface area (Å²) in [5, 5.41) is 2.22. The van der Waals surface area contributed by atoms with Crippen molar-refractivity contribution in [1.29, 1.82) is 0 Å². The first kappa shape index (κ1) is 17.9. The predicted molar refractivity (Wildman–Crippen MR) is 99.9 cm³/mol. The van der Waals surface area contributed by atoms with E-state index in [9.17, 15) is 14.4 Å². The summed E-state index contributed by atoms with van der Waals surface area (Å²) < 4.78 is 12.4. The van der Waals surface area contributed by atoms with Gasteiger partial charge in [0.1, 0.15) is 17.1 Å². The zero-order chi connectivity index (χ0) is 18.8. The van der Waals surface area contributed by atoms with Crippen LogP contribution in [-0.4, -0.2) is 28.8 Å². The highest BCUT2D eigenvalue weighted by Crippen LogP contribution is 2.32. The summed E-state index contributed by atoms with van der Waals surface area (Å²) in [4.78, 5) is 37.5. The number of ether oxygens (including phenoxy) is 2. The molecule has 0 amide bonds. The van der Waals surface area contributed by atoms with Crippen molar-refractivity contribution in [2.75, 3.05) is 13.7 Å². The Hall–Kier alpha value is -2.87. The second kappa shape index (κ2) is 7.17. The number of carbonyl (C=O) groups is 1. The molecule has 0 N–H and O–H groups in total. The summed E-state index contributed by atoms with van der Waals surface area (Å²) in [7, 11) is 2.99. The molecule has 3 aromatic rings. The minimum atomic E-state index is -0.543. The second-order valence-electron chi connectivity index (χ2n) is 5.60. The van der Waals surface area contributed by atoms with Gasteiger partial charge in [-0.1, -0.05) is 12.1 Å². The van der Waals surface area contributed by atoms with E-state index in [1.54, 1.807) is 26.2 Å². The van der Waals surface area contributed by atoms with Crippen LogP contribution in [0.2, 0.25) is 0 Å². The van der Waals surface area contributed by atoms with Gasteiger partial charge in [0.15, 0.2) is 0 Å². The normalized spacial score (nSPS) is 10.9. The Labute approximate surface area is 153 Å². The largest absolute Gasteiger partial charge is 0.497 e. The Morgan fingerprint density at radius 3 is 2.50 bits per heavy atom. The van der Waals surface area contributed by atoms with E-state index in [0.717, 1.165) is 10.1 Å². The molecule has 0 saturated carbocycles. The van der Waals surface area contributed by atoms with E-state index >= 15 is 0 Å². The fraction of sp³-hybridized carbons (Fsp3) is 0.278. The molecular formula is C18H18N2O5S. The lowest BCUT2D eigenvalue weighted by Gasteiger charge is -2.09. The number of hydrogen-bond donors (Lipinski definition) is 0. The van der Waals surface area contributed by atoms with Crippen molar-refractivity contribution in [3.63, 3.8) is 0 Å². The van der Waals surface area contributed by atoms with Crippen LogP contribution in [0.5, 0.6) is 5.75 Å². The Balaban J connectivity index is 2.22. The van der Waals surface area contributed by atoms with Crippen molar-refractivity contribution < 1.29 is 14.3 Å². The van der Waals surface area contributed by atoms with Crippen LogP contribution in [0.3, 0.4) is 0 Å². The average Bonchev–Trinajstić information content (AvgIpc) is 3.08. The van der Waals surface area contributed by atoms with E-state index in [1.807, 2.05) is 17.5 Å². The molecule has 2 heterocycles. The third-order valence-electron chi connectivity index (χ3n) is 4.05. The van der Waals surface area contributed by atoms with E-state index in [2.05, 4.69) is 0 Å². The van der Waals surface area contributed by atoms with Gasteiger partial charge in [0.2, 0.25) is 0 Å². The van der Waals surface area contributed by atoms with Gasteiger partial charge < -0.3 is 9.47 Å². The predicted octanol–water partition coefficient (Wildman–Crippen LogP) is 2.00. The van der Waals surface area contributed by atoms with E-state index < -0.39 is 17.2 Å². The number of rotatable bonds is 5. The van der Waals surface area contributed by atoms with Crippen molar-refractivity contribution in [2.24, 2.45) is 7.05 Å². The second-order valence-corrected chi connectivity index (χ2v) is 6.45. The third kappa shape index (κ3) is 3.03. The van der Waals surface area contributed by atoms with Gasteiger partial charge in [0.05, 0.1) is 19.1 Å². The smallest absolute Gasteiger partial charge is 0.332 e. The molecule has 0 aliphatic heterocycles. The van der Waals surface area contributed by atoms with Crippen LogP contribution in [0.15, 0.2) is 39.2 Å². The number of fused-ring (bicyclic) bond motifs is 1. The number of benzene rings is 1. The van der Waals surface area contributed by atoms with Gasteiger partial charge in [0, 0.05) is 18.0 Å². The number of hydrogen-bond acceptors (Lipinski definition) is 6. The standard InChI is InChI=1S/C18H18N2O5S/c1-4-25-14(21)9-20-17-15(16(22)19(2)18(20)23)13(10-26-17)11-5-7-12(24-3)8-6-11/h5-8,10H,4,9H2,1-3H3. The molecule has 0 aliphatic rings. The minimum Gasteiger partial charge on any atom is -0.497 e.